The molecule has 0 saturated carbocycles. The van der Waals surface area contributed by atoms with E-state index in [9.17, 15) is 4.79 Å². The van der Waals surface area contributed by atoms with Crippen molar-refractivity contribution in [3.05, 3.63) is 71.5 Å². The number of carbonyl (C=O) groups excluding carboxylic acids is 1. The number of hydrogen-bond acceptors (Lipinski definition) is 5. The van der Waals surface area contributed by atoms with E-state index in [1.807, 2.05) is 66.4 Å². The molecule has 1 fully saturated rings. The summed E-state index contributed by atoms with van der Waals surface area (Å²) in [6.45, 7) is 5.66. The number of rotatable bonds is 4. The largest absolute Gasteiger partial charge is 0.336 e. The Kier molecular flexibility index (Phi) is 4.98. The molecule has 2 aromatic carbocycles. The second kappa shape index (κ2) is 7.72. The minimum absolute atomic E-state index is 0.0978. The zero-order valence-corrected chi connectivity index (χ0v) is 15.3. The molecule has 4 rings (SSSR count). The maximum atomic E-state index is 12.6. The Balaban J connectivity index is 1.33. The molecule has 1 aliphatic rings. The fraction of sp³-hybridized carbons (Fsp3) is 0.286. The lowest BCUT2D eigenvalue weighted by atomic mass is 10.1. The molecule has 6 nitrogen and oxygen atoms in total. The number of benzene rings is 2. The van der Waals surface area contributed by atoms with Crippen molar-refractivity contribution in [3.63, 3.8) is 0 Å². The van der Waals surface area contributed by atoms with Crippen LogP contribution >= 0.6 is 0 Å². The first-order valence-electron chi connectivity index (χ1n) is 9.15. The molecule has 0 radical (unpaired) electrons. The molecule has 1 aliphatic heterocycles. The van der Waals surface area contributed by atoms with Crippen molar-refractivity contribution in [1.82, 2.24) is 19.9 Å². The average molecular weight is 362 g/mol. The Morgan fingerprint density at radius 1 is 1.00 bits per heavy atom. The minimum atomic E-state index is 0.0978. The van der Waals surface area contributed by atoms with Crippen LogP contribution in [0.1, 0.15) is 21.7 Å². The zero-order chi connectivity index (χ0) is 18.6. The smallest absolute Gasteiger partial charge is 0.257 e. The van der Waals surface area contributed by atoms with Crippen LogP contribution in [0.4, 0.5) is 0 Å². The van der Waals surface area contributed by atoms with Crippen molar-refractivity contribution < 1.29 is 9.32 Å². The van der Waals surface area contributed by atoms with Crippen LogP contribution in [-0.2, 0) is 6.54 Å². The molecule has 0 aliphatic carbocycles. The van der Waals surface area contributed by atoms with E-state index < -0.39 is 0 Å². The third kappa shape index (κ3) is 4.06. The molecule has 0 atom stereocenters. The van der Waals surface area contributed by atoms with Crippen molar-refractivity contribution in [2.75, 3.05) is 26.2 Å². The normalized spacial score (nSPS) is 15.1. The van der Waals surface area contributed by atoms with E-state index in [1.165, 1.54) is 0 Å². The Hall–Kier alpha value is -2.99. The van der Waals surface area contributed by atoms with Gasteiger partial charge in [0.1, 0.15) is 0 Å². The van der Waals surface area contributed by atoms with Gasteiger partial charge in [-0.05, 0) is 31.2 Å². The quantitative estimate of drug-likeness (QED) is 0.714. The summed E-state index contributed by atoms with van der Waals surface area (Å²) >= 11 is 0. The van der Waals surface area contributed by atoms with Crippen LogP contribution in [0.5, 0.6) is 0 Å². The third-order valence-electron chi connectivity index (χ3n) is 4.81. The standard InChI is InChI=1S/C21H22N4O2/c1-16-7-9-18(10-8-16)21(26)25-13-11-24(12-14-25)15-19-22-20(27-23-19)17-5-3-2-4-6-17/h2-10H,11-15H2,1H3. The maximum Gasteiger partial charge on any atom is 0.257 e. The summed E-state index contributed by atoms with van der Waals surface area (Å²) in [6, 6.07) is 17.5. The zero-order valence-electron chi connectivity index (χ0n) is 15.3. The monoisotopic (exact) mass is 362 g/mol. The average Bonchev–Trinajstić information content (AvgIpc) is 3.18. The summed E-state index contributed by atoms with van der Waals surface area (Å²) in [5, 5.41) is 4.09. The lowest BCUT2D eigenvalue weighted by molar-refractivity contribution is 0.0624. The molecule has 27 heavy (non-hydrogen) atoms. The molecule has 1 saturated heterocycles. The van der Waals surface area contributed by atoms with Crippen LogP contribution < -0.4 is 0 Å². The van der Waals surface area contributed by atoms with E-state index in [-0.39, 0.29) is 5.91 Å². The summed E-state index contributed by atoms with van der Waals surface area (Å²) in [5.41, 5.74) is 2.83. The SMILES string of the molecule is Cc1ccc(C(=O)N2CCN(Cc3noc(-c4ccccc4)n3)CC2)cc1. The Labute approximate surface area is 158 Å². The van der Waals surface area contributed by atoms with Crippen LogP contribution in [0.2, 0.25) is 0 Å². The first-order valence-corrected chi connectivity index (χ1v) is 9.15. The van der Waals surface area contributed by atoms with E-state index in [0.29, 0.717) is 31.3 Å². The summed E-state index contributed by atoms with van der Waals surface area (Å²) in [4.78, 5) is 21.2. The van der Waals surface area contributed by atoms with E-state index >= 15 is 0 Å². The van der Waals surface area contributed by atoms with Crippen molar-refractivity contribution in [2.45, 2.75) is 13.5 Å². The number of hydrogen-bond donors (Lipinski definition) is 0. The molecule has 1 amide bonds. The molecule has 0 spiro atoms. The van der Waals surface area contributed by atoms with E-state index in [2.05, 4.69) is 15.0 Å². The highest BCUT2D eigenvalue weighted by Gasteiger charge is 2.23. The Morgan fingerprint density at radius 2 is 1.70 bits per heavy atom. The van der Waals surface area contributed by atoms with E-state index in [0.717, 1.165) is 29.8 Å². The molecule has 6 heteroatoms. The highest BCUT2D eigenvalue weighted by Crippen LogP contribution is 2.17. The molecule has 2 heterocycles. The van der Waals surface area contributed by atoms with Crippen molar-refractivity contribution in [3.8, 4) is 11.5 Å². The van der Waals surface area contributed by atoms with Gasteiger partial charge in [0.05, 0.1) is 6.54 Å². The summed E-state index contributed by atoms with van der Waals surface area (Å²) in [7, 11) is 0. The fourth-order valence-electron chi connectivity index (χ4n) is 3.20. The van der Waals surface area contributed by atoms with Gasteiger partial charge in [-0.15, -0.1) is 0 Å². The highest BCUT2D eigenvalue weighted by molar-refractivity contribution is 5.94. The molecule has 1 aromatic heterocycles. The number of carbonyl (C=O) groups is 1. The number of aromatic nitrogens is 2. The van der Waals surface area contributed by atoms with Gasteiger partial charge in [-0.1, -0.05) is 41.1 Å². The lowest BCUT2D eigenvalue weighted by Gasteiger charge is -2.34. The van der Waals surface area contributed by atoms with Crippen LogP contribution in [0, 0.1) is 6.92 Å². The van der Waals surface area contributed by atoms with E-state index in [1.54, 1.807) is 0 Å². The minimum Gasteiger partial charge on any atom is -0.336 e. The van der Waals surface area contributed by atoms with Gasteiger partial charge in [-0.25, -0.2) is 0 Å². The number of aryl methyl sites for hydroxylation is 1. The molecular formula is C21H22N4O2. The highest BCUT2D eigenvalue weighted by atomic mass is 16.5. The van der Waals surface area contributed by atoms with E-state index in [4.69, 9.17) is 4.52 Å². The van der Waals surface area contributed by atoms with Crippen LogP contribution in [0.15, 0.2) is 59.1 Å². The first kappa shape index (κ1) is 17.4. The molecule has 0 N–H and O–H groups in total. The predicted octanol–water partition coefficient (Wildman–Crippen LogP) is 3.00. The van der Waals surface area contributed by atoms with Gasteiger partial charge in [0, 0.05) is 37.3 Å². The Bertz CT molecular complexity index is 897. The van der Waals surface area contributed by atoms with Gasteiger partial charge < -0.3 is 9.42 Å². The fourth-order valence-corrected chi connectivity index (χ4v) is 3.20. The maximum absolute atomic E-state index is 12.6. The van der Waals surface area contributed by atoms with Gasteiger partial charge >= 0.3 is 0 Å². The molecule has 0 bridgehead atoms. The summed E-state index contributed by atoms with van der Waals surface area (Å²) < 4.78 is 5.37. The van der Waals surface area contributed by atoms with Crippen molar-refractivity contribution in [1.29, 1.82) is 0 Å². The number of piperazine rings is 1. The topological polar surface area (TPSA) is 62.5 Å². The van der Waals surface area contributed by atoms with Crippen LogP contribution in [0.3, 0.4) is 0 Å². The third-order valence-corrected chi connectivity index (χ3v) is 4.81. The lowest BCUT2D eigenvalue weighted by Crippen LogP contribution is -2.48. The molecule has 138 valence electrons. The number of amides is 1. The number of nitrogens with zero attached hydrogens (tertiary/aromatic N) is 4. The second-order valence-corrected chi connectivity index (χ2v) is 6.82. The van der Waals surface area contributed by atoms with Gasteiger partial charge in [-0.2, -0.15) is 4.98 Å². The Morgan fingerprint density at radius 3 is 2.41 bits per heavy atom. The van der Waals surface area contributed by atoms with Gasteiger partial charge in [0.25, 0.3) is 11.8 Å². The first-order chi connectivity index (χ1) is 13.2. The second-order valence-electron chi connectivity index (χ2n) is 6.82. The molecule has 0 unspecified atom stereocenters. The van der Waals surface area contributed by atoms with Gasteiger partial charge in [-0.3, -0.25) is 9.69 Å². The van der Waals surface area contributed by atoms with Crippen molar-refractivity contribution in [2.24, 2.45) is 0 Å². The predicted molar refractivity (Wildman–Crippen MR) is 102 cm³/mol. The molecular weight excluding hydrogens is 340 g/mol. The van der Waals surface area contributed by atoms with Gasteiger partial charge in [0.15, 0.2) is 5.82 Å². The summed E-state index contributed by atoms with van der Waals surface area (Å²) in [6.07, 6.45) is 0. The van der Waals surface area contributed by atoms with Crippen molar-refractivity contribution >= 4 is 5.91 Å². The summed E-state index contributed by atoms with van der Waals surface area (Å²) in [5.74, 6) is 1.31. The van der Waals surface area contributed by atoms with Crippen LogP contribution in [0.25, 0.3) is 11.5 Å². The van der Waals surface area contributed by atoms with Gasteiger partial charge in [0.2, 0.25) is 0 Å². The molecule has 3 aromatic rings. The van der Waals surface area contributed by atoms with Crippen LogP contribution in [-0.4, -0.2) is 52.0 Å².